The second kappa shape index (κ2) is 17.6. The highest BCUT2D eigenvalue weighted by molar-refractivity contribution is 5.90. The molecule has 8 rings (SSSR count). The Hall–Kier alpha value is -6.06. The zero-order valence-electron chi connectivity index (χ0n) is 40.5. The van der Waals surface area contributed by atoms with Gasteiger partial charge in [-0.05, 0) is 61.8 Å². The molecule has 2 saturated heterocycles. The van der Waals surface area contributed by atoms with Crippen LogP contribution in [0.3, 0.4) is 0 Å². The Labute approximate surface area is 387 Å². The van der Waals surface area contributed by atoms with E-state index in [2.05, 4.69) is 86.4 Å². The van der Waals surface area contributed by atoms with Crippen LogP contribution < -0.4 is 20.1 Å². The van der Waals surface area contributed by atoms with Crippen LogP contribution in [0.15, 0.2) is 24.3 Å². The van der Waals surface area contributed by atoms with E-state index in [-0.39, 0.29) is 46.6 Å². The van der Waals surface area contributed by atoms with Gasteiger partial charge in [-0.1, -0.05) is 69.2 Å². The molecule has 0 radical (unpaired) electrons. The maximum atomic E-state index is 14.0. The Balaban J connectivity index is 1.12. The van der Waals surface area contributed by atoms with Crippen LogP contribution in [0.5, 0.6) is 11.5 Å². The van der Waals surface area contributed by atoms with E-state index in [0.29, 0.717) is 38.0 Å². The molecule has 0 bridgehead atoms. The Morgan fingerprint density at radius 1 is 0.652 bits per heavy atom. The number of alkyl carbamates (subject to hydrolysis) is 2. The quantitative estimate of drug-likeness (QED) is 0.120. The minimum absolute atomic E-state index is 0.143. The monoisotopic (exact) mass is 907 g/mol. The topological polar surface area (TPSA) is 193 Å². The summed E-state index contributed by atoms with van der Waals surface area (Å²) in [5.41, 5.74) is 8.64. The van der Waals surface area contributed by atoms with Gasteiger partial charge in [-0.3, -0.25) is 9.59 Å². The number of benzene rings is 2. The zero-order chi connectivity index (χ0) is 47.6. The number of ether oxygens (including phenoxy) is 4. The number of hydrogen-bond acceptors (Lipinski definition) is 10. The van der Waals surface area contributed by atoms with E-state index >= 15 is 0 Å². The molecule has 16 nitrogen and oxygen atoms in total. The minimum atomic E-state index is -0.733. The van der Waals surface area contributed by atoms with Crippen molar-refractivity contribution in [2.75, 3.05) is 27.3 Å². The van der Waals surface area contributed by atoms with Crippen molar-refractivity contribution < 1.29 is 38.1 Å². The average molecular weight is 907 g/mol. The lowest BCUT2D eigenvalue weighted by atomic mass is 9.84. The highest BCUT2D eigenvalue weighted by Crippen LogP contribution is 2.52. The number of rotatable bonds is 10. The summed E-state index contributed by atoms with van der Waals surface area (Å²) in [7, 11) is 2.59. The number of carbonyl (C=O) groups excluding carboxylic acids is 4. The van der Waals surface area contributed by atoms with Gasteiger partial charge in [0.15, 0.2) is 0 Å². The molecule has 0 aliphatic carbocycles. The first-order valence-corrected chi connectivity index (χ1v) is 23.3. The second-order valence-electron chi connectivity index (χ2n) is 20.9. The van der Waals surface area contributed by atoms with Crippen LogP contribution in [-0.2, 0) is 43.1 Å². The molecular formula is C50H66N8O8. The van der Waals surface area contributed by atoms with Crippen molar-refractivity contribution in [1.29, 1.82) is 0 Å². The number of nitrogens with zero attached hydrogens (tertiary/aromatic N) is 4. The van der Waals surface area contributed by atoms with E-state index in [4.69, 9.17) is 28.9 Å². The number of H-pyrrole nitrogens is 2. The van der Waals surface area contributed by atoms with Crippen molar-refractivity contribution in [3.63, 3.8) is 0 Å². The molecule has 66 heavy (non-hydrogen) atoms. The summed E-state index contributed by atoms with van der Waals surface area (Å²) in [5, 5.41) is 5.49. The number of carbonyl (C=O) groups is 4. The van der Waals surface area contributed by atoms with Gasteiger partial charge in [0.2, 0.25) is 11.8 Å². The number of methoxy groups -OCH3 is 2. The van der Waals surface area contributed by atoms with E-state index in [1.165, 1.54) is 14.2 Å². The molecule has 2 aromatic carbocycles. The summed E-state index contributed by atoms with van der Waals surface area (Å²) in [6.45, 7) is 22.3. The molecule has 4 aromatic rings. The first kappa shape index (κ1) is 46.5. The molecule has 2 aromatic heterocycles. The smallest absolute Gasteiger partial charge is 0.407 e. The highest BCUT2D eigenvalue weighted by atomic mass is 16.5. The predicted octanol–water partition coefficient (Wildman–Crippen LogP) is 8.60. The standard InChI is InChI=1S/C50H66N8O8/c1-25(2)37(53-47(61)63-11)45(59)57-17-13-15-31(57)43-51-39(41(55-43)49(5,6)7)27-19-29-23-66-34-22-28(20-30-24-65-33(21-27)35(29)36(30)34)40-42(50(8,9)10)56-44(52-40)32-16-14-18-58(32)46(60)38(26(3)4)54-48(62)64-12/h19-22,25-26,31-32,37-38H,13-18,23-24H2,1-12H3,(H,51,55)(H,52,56)(H,53,61)(H,54,62)/t31-,32-,37-,38-/m0/s1. The lowest BCUT2D eigenvalue weighted by Crippen LogP contribution is -2.51. The molecule has 4 atom stereocenters. The summed E-state index contributed by atoms with van der Waals surface area (Å²) in [4.78, 5) is 74.0. The molecule has 0 spiro atoms. The first-order valence-electron chi connectivity index (χ1n) is 23.3. The number of nitrogens with one attached hydrogen (secondary N) is 4. The lowest BCUT2D eigenvalue weighted by Gasteiger charge is -2.31. The first-order chi connectivity index (χ1) is 31.2. The molecule has 4 aliphatic rings. The molecule has 4 aliphatic heterocycles. The van der Waals surface area contributed by atoms with E-state index in [1.54, 1.807) is 0 Å². The number of imidazole rings is 2. The van der Waals surface area contributed by atoms with Crippen molar-refractivity contribution in [2.45, 2.75) is 143 Å². The maximum absolute atomic E-state index is 14.0. The van der Waals surface area contributed by atoms with E-state index < -0.39 is 24.3 Å². The second-order valence-corrected chi connectivity index (χ2v) is 20.9. The van der Waals surface area contributed by atoms with Crippen molar-refractivity contribution in [3.8, 4) is 45.1 Å². The summed E-state index contributed by atoms with van der Waals surface area (Å²) >= 11 is 0. The number of aromatic amines is 2. The average Bonchev–Trinajstić information content (AvgIpc) is 4.11. The highest BCUT2D eigenvalue weighted by Gasteiger charge is 2.41. The lowest BCUT2D eigenvalue weighted by molar-refractivity contribution is -0.136. The largest absolute Gasteiger partial charge is 0.488 e. The zero-order valence-corrected chi connectivity index (χ0v) is 40.5. The Kier molecular flexibility index (Phi) is 12.4. The van der Waals surface area contributed by atoms with Gasteiger partial charge in [0.25, 0.3) is 0 Å². The van der Waals surface area contributed by atoms with Gasteiger partial charge in [0.05, 0.1) is 37.7 Å². The Morgan fingerprint density at radius 2 is 1.03 bits per heavy atom. The Bertz CT molecular complexity index is 2320. The van der Waals surface area contributed by atoms with Crippen molar-refractivity contribution in [2.24, 2.45) is 11.8 Å². The molecule has 354 valence electrons. The van der Waals surface area contributed by atoms with Crippen LogP contribution in [0.25, 0.3) is 33.6 Å². The Morgan fingerprint density at radius 3 is 1.36 bits per heavy atom. The third kappa shape index (κ3) is 8.58. The molecular weight excluding hydrogens is 841 g/mol. The molecule has 0 unspecified atom stereocenters. The van der Waals surface area contributed by atoms with E-state index in [0.717, 1.165) is 93.3 Å². The van der Waals surface area contributed by atoms with Gasteiger partial charge >= 0.3 is 12.2 Å². The van der Waals surface area contributed by atoms with Crippen LogP contribution in [0.2, 0.25) is 0 Å². The summed E-state index contributed by atoms with van der Waals surface area (Å²) < 4.78 is 23.0. The number of likely N-dealkylation sites (tertiary alicyclic amines) is 2. The molecule has 6 heterocycles. The van der Waals surface area contributed by atoms with Crippen molar-refractivity contribution in [1.82, 2.24) is 40.4 Å². The SMILES string of the molecule is COC(=O)N[C@H](C(=O)N1CCC[C@H]1c1nc(-c2cc3c4c(c2)OCc2cc(-c5nc([C@@H]6CCCN6C(=O)[C@@H](NC(=O)OC)C(C)C)[nH]c5C(C)(C)C)cc(c2-4)OC3)c(C(C)(C)C)[nH]1)C(C)C. The summed E-state index contributed by atoms with van der Waals surface area (Å²) in [6, 6.07) is 6.40. The molecule has 4 N–H and O–H groups in total. The maximum Gasteiger partial charge on any atom is 0.407 e. The van der Waals surface area contributed by atoms with Crippen LogP contribution >= 0.6 is 0 Å². The predicted molar refractivity (Wildman–Crippen MR) is 249 cm³/mol. The molecule has 0 saturated carbocycles. The summed E-state index contributed by atoms with van der Waals surface area (Å²) in [5.74, 6) is 2.34. The number of aromatic nitrogens is 4. The third-order valence-electron chi connectivity index (χ3n) is 13.4. The van der Waals surface area contributed by atoms with Crippen molar-refractivity contribution >= 4 is 24.0 Å². The van der Waals surface area contributed by atoms with E-state index in [1.807, 2.05) is 37.5 Å². The van der Waals surface area contributed by atoms with Gasteiger partial charge in [0, 0.05) is 68.7 Å². The normalized spacial score (nSPS) is 18.7. The van der Waals surface area contributed by atoms with E-state index in [9.17, 15) is 19.2 Å². The van der Waals surface area contributed by atoms with Crippen LogP contribution in [-0.4, -0.2) is 93.1 Å². The minimum Gasteiger partial charge on any atom is -0.488 e. The fourth-order valence-electron chi connectivity index (χ4n) is 9.94. The van der Waals surface area contributed by atoms with Crippen molar-refractivity contribution in [3.05, 3.63) is 58.4 Å². The number of hydrogen-bond donors (Lipinski definition) is 4. The van der Waals surface area contributed by atoms with Gasteiger partial charge < -0.3 is 49.3 Å². The fourth-order valence-corrected chi connectivity index (χ4v) is 9.94. The van der Waals surface area contributed by atoms with Gasteiger partial charge in [-0.15, -0.1) is 0 Å². The molecule has 2 fully saturated rings. The molecule has 16 heteroatoms. The van der Waals surface area contributed by atoms with Crippen LogP contribution in [0.4, 0.5) is 9.59 Å². The van der Waals surface area contributed by atoms with Crippen LogP contribution in [0.1, 0.15) is 141 Å². The summed E-state index contributed by atoms with van der Waals surface area (Å²) in [6.07, 6.45) is 1.83. The molecule has 4 amide bonds. The third-order valence-corrected chi connectivity index (χ3v) is 13.4. The number of amides is 4. The van der Waals surface area contributed by atoms with Gasteiger partial charge in [0.1, 0.15) is 48.4 Å². The van der Waals surface area contributed by atoms with Gasteiger partial charge in [-0.25, -0.2) is 19.6 Å². The van der Waals surface area contributed by atoms with Gasteiger partial charge in [-0.2, -0.15) is 0 Å². The fraction of sp³-hybridized carbons (Fsp3) is 0.560. The van der Waals surface area contributed by atoms with Crippen LogP contribution in [0, 0.1) is 11.8 Å².